The van der Waals surface area contributed by atoms with Crippen molar-refractivity contribution in [2.75, 3.05) is 37.9 Å². The van der Waals surface area contributed by atoms with E-state index < -0.39 is 5.54 Å². The van der Waals surface area contributed by atoms with E-state index in [1.54, 1.807) is 11.9 Å². The number of anilines is 2. The highest BCUT2D eigenvalue weighted by atomic mass is 16.5. The molecule has 0 aliphatic carbocycles. The molecule has 1 aliphatic heterocycles. The van der Waals surface area contributed by atoms with Crippen molar-refractivity contribution < 1.29 is 9.53 Å². The summed E-state index contributed by atoms with van der Waals surface area (Å²) in [7, 11) is 3.32. The predicted octanol–water partition coefficient (Wildman–Crippen LogP) is 0.124. The van der Waals surface area contributed by atoms with Crippen LogP contribution in [0.2, 0.25) is 0 Å². The van der Waals surface area contributed by atoms with E-state index in [2.05, 4.69) is 9.97 Å². The van der Waals surface area contributed by atoms with Crippen molar-refractivity contribution in [1.29, 1.82) is 0 Å². The van der Waals surface area contributed by atoms with Crippen molar-refractivity contribution in [3.63, 3.8) is 0 Å². The van der Waals surface area contributed by atoms with Crippen LogP contribution in [0.4, 0.5) is 11.6 Å². The Morgan fingerprint density at radius 1 is 1.37 bits per heavy atom. The molecule has 1 fully saturated rings. The minimum absolute atomic E-state index is 0.0398. The van der Waals surface area contributed by atoms with E-state index in [-0.39, 0.29) is 11.7 Å². The number of aromatic nitrogens is 2. The number of likely N-dealkylation sites (N-methyl/N-ethyl adjacent to an activating group) is 1. The van der Waals surface area contributed by atoms with Crippen LogP contribution in [0.3, 0.4) is 0 Å². The van der Waals surface area contributed by atoms with Gasteiger partial charge in [-0.3, -0.25) is 4.79 Å². The number of nitrogen functional groups attached to an aromatic ring is 1. The van der Waals surface area contributed by atoms with E-state index in [1.807, 2.05) is 18.7 Å². The first-order valence-electron chi connectivity index (χ1n) is 6.07. The van der Waals surface area contributed by atoms with E-state index in [9.17, 15) is 4.79 Å². The van der Waals surface area contributed by atoms with Crippen LogP contribution in [0.15, 0.2) is 6.33 Å². The molecule has 1 amide bonds. The number of methoxy groups -OCH3 is 1. The molecule has 0 saturated carbocycles. The number of nitrogens with two attached hydrogens (primary N) is 1. The van der Waals surface area contributed by atoms with E-state index in [4.69, 9.17) is 10.5 Å². The molecule has 1 saturated heterocycles. The van der Waals surface area contributed by atoms with Crippen LogP contribution in [-0.2, 0) is 4.79 Å². The second-order valence-electron chi connectivity index (χ2n) is 5.05. The lowest BCUT2D eigenvalue weighted by Gasteiger charge is -2.45. The van der Waals surface area contributed by atoms with E-state index in [0.29, 0.717) is 24.7 Å². The van der Waals surface area contributed by atoms with Gasteiger partial charge in [-0.2, -0.15) is 0 Å². The average molecular weight is 265 g/mol. The van der Waals surface area contributed by atoms with E-state index in [0.717, 1.165) is 0 Å². The van der Waals surface area contributed by atoms with Crippen LogP contribution >= 0.6 is 0 Å². The Kier molecular flexibility index (Phi) is 3.21. The van der Waals surface area contributed by atoms with E-state index >= 15 is 0 Å². The zero-order valence-corrected chi connectivity index (χ0v) is 11.7. The standard InChI is InChI=1S/C12H19N5O2/c1-12(2)11(18)16(3)5-6-17(12)10-8(19-4)9(13)14-7-15-10/h7H,5-6H2,1-4H3,(H2,13,14,15). The van der Waals surface area contributed by atoms with Crippen LogP contribution in [0.1, 0.15) is 13.8 Å². The molecule has 0 spiro atoms. The summed E-state index contributed by atoms with van der Waals surface area (Å²) in [5.74, 6) is 1.28. The van der Waals surface area contributed by atoms with Gasteiger partial charge in [-0.25, -0.2) is 9.97 Å². The van der Waals surface area contributed by atoms with Gasteiger partial charge in [0.1, 0.15) is 11.9 Å². The van der Waals surface area contributed by atoms with Gasteiger partial charge in [0.2, 0.25) is 11.7 Å². The number of hydrogen-bond donors (Lipinski definition) is 1. The van der Waals surface area contributed by atoms with Crippen LogP contribution in [0.25, 0.3) is 0 Å². The SMILES string of the molecule is COc1c(N)ncnc1N1CCN(C)C(=O)C1(C)C. The van der Waals surface area contributed by atoms with Crippen molar-refractivity contribution in [2.45, 2.75) is 19.4 Å². The molecule has 0 radical (unpaired) electrons. The second kappa shape index (κ2) is 4.56. The summed E-state index contributed by atoms with van der Waals surface area (Å²) in [4.78, 5) is 24.0. The Balaban J connectivity index is 2.47. The van der Waals surface area contributed by atoms with Crippen molar-refractivity contribution in [3.05, 3.63) is 6.33 Å². The van der Waals surface area contributed by atoms with Gasteiger partial charge >= 0.3 is 0 Å². The number of carbonyl (C=O) groups excluding carboxylic acids is 1. The third-order valence-electron chi connectivity index (χ3n) is 3.48. The predicted molar refractivity (Wildman–Crippen MR) is 72.1 cm³/mol. The molecule has 0 atom stereocenters. The third-order valence-corrected chi connectivity index (χ3v) is 3.48. The number of rotatable bonds is 2. The van der Waals surface area contributed by atoms with Crippen molar-refractivity contribution in [3.8, 4) is 5.75 Å². The first-order valence-corrected chi connectivity index (χ1v) is 6.07. The lowest BCUT2D eigenvalue weighted by atomic mass is 9.97. The fraction of sp³-hybridized carbons (Fsp3) is 0.583. The topological polar surface area (TPSA) is 84.6 Å². The van der Waals surface area contributed by atoms with Crippen molar-refractivity contribution in [1.82, 2.24) is 14.9 Å². The first-order chi connectivity index (χ1) is 8.89. The van der Waals surface area contributed by atoms with Gasteiger partial charge in [0, 0.05) is 20.1 Å². The van der Waals surface area contributed by atoms with Crippen LogP contribution in [-0.4, -0.2) is 53.6 Å². The summed E-state index contributed by atoms with van der Waals surface area (Å²) in [6.45, 7) is 5.03. The normalized spacial score (nSPS) is 18.6. The average Bonchev–Trinajstić information content (AvgIpc) is 2.36. The minimum Gasteiger partial charge on any atom is -0.490 e. The highest BCUT2D eigenvalue weighted by Crippen LogP contribution is 2.35. The summed E-state index contributed by atoms with van der Waals surface area (Å²) in [6, 6.07) is 0. The molecule has 1 aromatic rings. The molecule has 2 rings (SSSR count). The molecule has 0 unspecified atom stereocenters. The fourth-order valence-corrected chi connectivity index (χ4v) is 2.35. The van der Waals surface area contributed by atoms with Crippen LogP contribution < -0.4 is 15.4 Å². The number of hydrogen-bond acceptors (Lipinski definition) is 6. The zero-order valence-electron chi connectivity index (χ0n) is 11.7. The molecule has 1 aromatic heterocycles. The molecular weight excluding hydrogens is 246 g/mol. The molecule has 7 heteroatoms. The summed E-state index contributed by atoms with van der Waals surface area (Å²) in [6.07, 6.45) is 1.38. The fourth-order valence-electron chi connectivity index (χ4n) is 2.35. The van der Waals surface area contributed by atoms with Crippen molar-refractivity contribution >= 4 is 17.5 Å². The Bertz CT molecular complexity index is 503. The zero-order chi connectivity index (χ0) is 14.2. The van der Waals surface area contributed by atoms with Crippen LogP contribution in [0.5, 0.6) is 5.75 Å². The Morgan fingerprint density at radius 3 is 2.68 bits per heavy atom. The van der Waals surface area contributed by atoms with Gasteiger partial charge in [-0.15, -0.1) is 0 Å². The highest BCUT2D eigenvalue weighted by Gasteiger charge is 2.42. The van der Waals surface area contributed by atoms with Crippen LogP contribution in [0, 0.1) is 0 Å². The van der Waals surface area contributed by atoms with Gasteiger partial charge in [0.15, 0.2) is 11.6 Å². The smallest absolute Gasteiger partial charge is 0.247 e. The number of ether oxygens (including phenoxy) is 1. The summed E-state index contributed by atoms with van der Waals surface area (Å²) in [5.41, 5.74) is 5.10. The van der Waals surface area contributed by atoms with E-state index in [1.165, 1.54) is 13.4 Å². The van der Waals surface area contributed by atoms with Gasteiger partial charge in [0.05, 0.1) is 7.11 Å². The largest absolute Gasteiger partial charge is 0.490 e. The molecule has 19 heavy (non-hydrogen) atoms. The lowest BCUT2D eigenvalue weighted by Crippen LogP contribution is -2.62. The molecule has 0 aromatic carbocycles. The molecule has 1 aliphatic rings. The molecule has 2 N–H and O–H groups in total. The number of nitrogens with zero attached hydrogens (tertiary/aromatic N) is 4. The number of amides is 1. The molecule has 7 nitrogen and oxygen atoms in total. The maximum atomic E-state index is 12.3. The third kappa shape index (κ3) is 2.05. The maximum absolute atomic E-state index is 12.3. The Morgan fingerprint density at radius 2 is 2.05 bits per heavy atom. The monoisotopic (exact) mass is 265 g/mol. The molecule has 0 bridgehead atoms. The highest BCUT2D eigenvalue weighted by molar-refractivity contribution is 5.90. The molecule has 2 heterocycles. The maximum Gasteiger partial charge on any atom is 0.247 e. The number of carbonyl (C=O) groups is 1. The second-order valence-corrected chi connectivity index (χ2v) is 5.05. The summed E-state index contributed by atoms with van der Waals surface area (Å²) >= 11 is 0. The Labute approximate surface area is 112 Å². The molecular formula is C12H19N5O2. The van der Waals surface area contributed by atoms with Crippen molar-refractivity contribution in [2.24, 2.45) is 0 Å². The minimum atomic E-state index is -0.693. The summed E-state index contributed by atoms with van der Waals surface area (Å²) in [5, 5.41) is 0. The molecule has 104 valence electrons. The lowest BCUT2D eigenvalue weighted by molar-refractivity contribution is -0.136. The Hall–Kier alpha value is -2.05. The number of piperazine rings is 1. The van der Waals surface area contributed by atoms with Gasteiger partial charge in [-0.05, 0) is 13.8 Å². The summed E-state index contributed by atoms with van der Waals surface area (Å²) < 4.78 is 5.27. The first kappa shape index (κ1) is 13.4. The van der Waals surface area contributed by atoms with Gasteiger partial charge in [0.25, 0.3) is 0 Å². The quantitative estimate of drug-likeness (QED) is 0.818. The van der Waals surface area contributed by atoms with Gasteiger partial charge in [-0.1, -0.05) is 0 Å². The van der Waals surface area contributed by atoms with Gasteiger partial charge < -0.3 is 20.3 Å².